The Bertz CT molecular complexity index is 820. The lowest BCUT2D eigenvalue weighted by Crippen LogP contribution is -2.26. The second-order valence-electron chi connectivity index (χ2n) is 6.46. The fourth-order valence-corrected chi connectivity index (χ4v) is 2.32. The average molecular weight is 332 g/mol. The maximum absolute atomic E-state index is 14.2. The molecular weight excluding hydrogens is 315 g/mol. The summed E-state index contributed by atoms with van der Waals surface area (Å²) in [6.07, 6.45) is 2.56. The van der Waals surface area contributed by atoms with Gasteiger partial charge < -0.3 is 14.8 Å². The molecule has 1 aliphatic rings. The number of benzene rings is 1. The number of fused-ring (bicyclic) bond motifs is 1. The first-order valence-electron chi connectivity index (χ1n) is 7.41. The molecule has 1 amide bonds. The summed E-state index contributed by atoms with van der Waals surface area (Å²) in [6.45, 7) is 5.11. The first-order valence-corrected chi connectivity index (χ1v) is 7.41. The predicted octanol–water partition coefficient (Wildman–Crippen LogP) is 3.41. The molecule has 126 valence electrons. The number of carbonyl (C=O) groups excluding carboxylic acids is 2. The van der Waals surface area contributed by atoms with Crippen molar-refractivity contribution < 1.29 is 23.5 Å². The number of amides is 1. The number of rotatable bonds is 1. The van der Waals surface area contributed by atoms with E-state index >= 15 is 0 Å². The Balaban J connectivity index is 1.91. The summed E-state index contributed by atoms with van der Waals surface area (Å²) in [5.74, 6) is -0.900. The molecule has 2 aromatic rings. The molecule has 3 rings (SSSR count). The minimum atomic E-state index is -0.610. The topological polar surface area (TPSA) is 69.6 Å². The van der Waals surface area contributed by atoms with Crippen LogP contribution in [0.3, 0.4) is 0 Å². The van der Waals surface area contributed by atoms with E-state index in [1.165, 1.54) is 16.8 Å². The molecule has 1 aromatic carbocycles. The summed E-state index contributed by atoms with van der Waals surface area (Å²) in [5.41, 5.74) is 0.786. The number of aromatic nitrogens is 1. The molecule has 0 unspecified atom stereocenters. The van der Waals surface area contributed by atoms with Crippen LogP contribution in [0.4, 0.5) is 14.9 Å². The molecular formula is C17H17FN2O4. The molecule has 1 aromatic heterocycles. The molecule has 7 heteroatoms. The van der Waals surface area contributed by atoms with Crippen molar-refractivity contribution in [3.8, 4) is 16.9 Å². The predicted molar refractivity (Wildman–Crippen MR) is 85.6 cm³/mol. The smallest absolute Gasteiger partial charge is 0.418 e. The van der Waals surface area contributed by atoms with Crippen LogP contribution in [-0.2, 0) is 9.53 Å². The lowest BCUT2D eigenvalue weighted by atomic mass is 10.1. The Labute approximate surface area is 138 Å². The lowest BCUT2D eigenvalue weighted by Gasteiger charge is -2.19. The summed E-state index contributed by atoms with van der Waals surface area (Å²) in [4.78, 5) is 23.4. The van der Waals surface area contributed by atoms with Gasteiger partial charge in [-0.05, 0) is 44.5 Å². The van der Waals surface area contributed by atoms with Gasteiger partial charge in [-0.1, -0.05) is 0 Å². The largest absolute Gasteiger partial charge is 0.478 e. The maximum atomic E-state index is 14.2. The van der Waals surface area contributed by atoms with E-state index in [1.807, 2.05) is 0 Å². The Kier molecular flexibility index (Phi) is 3.79. The Morgan fingerprint density at radius 3 is 2.79 bits per heavy atom. The van der Waals surface area contributed by atoms with Gasteiger partial charge in [0.2, 0.25) is 0 Å². The van der Waals surface area contributed by atoms with Crippen molar-refractivity contribution in [2.75, 3.05) is 11.9 Å². The van der Waals surface area contributed by atoms with E-state index in [0.717, 1.165) is 0 Å². The van der Waals surface area contributed by atoms with E-state index < -0.39 is 17.5 Å². The molecule has 0 bridgehead atoms. The molecule has 1 aliphatic heterocycles. The van der Waals surface area contributed by atoms with Gasteiger partial charge in [-0.3, -0.25) is 9.36 Å². The van der Waals surface area contributed by atoms with Crippen molar-refractivity contribution in [3.63, 3.8) is 0 Å². The first kappa shape index (κ1) is 16.0. The highest BCUT2D eigenvalue weighted by molar-refractivity contribution is 5.96. The molecule has 1 N–H and O–H groups in total. The van der Waals surface area contributed by atoms with Crippen LogP contribution in [0.25, 0.3) is 11.1 Å². The van der Waals surface area contributed by atoms with E-state index in [0.29, 0.717) is 11.1 Å². The number of nitrogens with zero attached hydrogens (tertiary/aromatic N) is 1. The third kappa shape index (κ3) is 3.24. The van der Waals surface area contributed by atoms with Gasteiger partial charge in [-0.25, -0.2) is 9.18 Å². The molecule has 24 heavy (non-hydrogen) atoms. The summed E-state index contributed by atoms with van der Waals surface area (Å²) >= 11 is 0. The van der Waals surface area contributed by atoms with Gasteiger partial charge in [0.1, 0.15) is 5.60 Å². The summed E-state index contributed by atoms with van der Waals surface area (Å²) in [6, 6.07) is 4.56. The fourth-order valence-electron chi connectivity index (χ4n) is 2.32. The van der Waals surface area contributed by atoms with Crippen LogP contribution in [0.15, 0.2) is 30.6 Å². The van der Waals surface area contributed by atoms with Crippen molar-refractivity contribution in [2.24, 2.45) is 0 Å². The molecule has 0 saturated heterocycles. The van der Waals surface area contributed by atoms with Gasteiger partial charge in [-0.2, -0.15) is 0 Å². The zero-order valence-electron chi connectivity index (χ0n) is 13.6. The minimum Gasteiger partial charge on any atom is -0.478 e. The van der Waals surface area contributed by atoms with Crippen LogP contribution in [0.5, 0.6) is 5.75 Å². The average Bonchev–Trinajstić information content (AvgIpc) is 2.94. The van der Waals surface area contributed by atoms with Crippen LogP contribution in [0.2, 0.25) is 0 Å². The molecule has 0 fully saturated rings. The minimum absolute atomic E-state index is 0.0184. The summed E-state index contributed by atoms with van der Waals surface area (Å²) in [5, 5.41) is 2.57. The second-order valence-corrected chi connectivity index (χ2v) is 6.46. The van der Waals surface area contributed by atoms with Gasteiger partial charge in [0.15, 0.2) is 18.2 Å². The van der Waals surface area contributed by atoms with E-state index in [9.17, 15) is 14.0 Å². The maximum Gasteiger partial charge on any atom is 0.418 e. The van der Waals surface area contributed by atoms with Gasteiger partial charge in [0.05, 0.1) is 5.69 Å². The zero-order chi connectivity index (χ0) is 17.5. The highest BCUT2D eigenvalue weighted by Gasteiger charge is 2.22. The molecule has 0 atom stereocenters. The molecule has 0 spiro atoms. The number of ether oxygens (including phenoxy) is 2. The summed E-state index contributed by atoms with van der Waals surface area (Å²) in [7, 11) is 0. The molecule has 6 nitrogen and oxygen atoms in total. The van der Waals surface area contributed by atoms with Crippen molar-refractivity contribution in [1.82, 2.24) is 4.57 Å². The highest BCUT2D eigenvalue weighted by atomic mass is 19.1. The van der Waals surface area contributed by atoms with Gasteiger partial charge in [0.25, 0.3) is 5.91 Å². The third-order valence-electron chi connectivity index (χ3n) is 3.30. The van der Waals surface area contributed by atoms with Gasteiger partial charge in [0, 0.05) is 18.0 Å². The molecule has 0 saturated carbocycles. The third-order valence-corrected chi connectivity index (χ3v) is 3.30. The quantitative estimate of drug-likeness (QED) is 0.869. The Morgan fingerprint density at radius 1 is 1.33 bits per heavy atom. The zero-order valence-corrected chi connectivity index (χ0v) is 13.6. The van der Waals surface area contributed by atoms with Crippen LogP contribution in [0, 0.1) is 5.82 Å². The van der Waals surface area contributed by atoms with Crippen molar-refractivity contribution in [3.05, 3.63) is 36.4 Å². The van der Waals surface area contributed by atoms with E-state index in [2.05, 4.69) is 5.32 Å². The molecule has 0 aliphatic carbocycles. The molecule has 0 radical (unpaired) electrons. The van der Waals surface area contributed by atoms with Crippen molar-refractivity contribution >= 4 is 17.7 Å². The number of carbonyl (C=O) groups is 2. The van der Waals surface area contributed by atoms with Crippen LogP contribution < -0.4 is 10.1 Å². The van der Waals surface area contributed by atoms with Crippen LogP contribution in [0.1, 0.15) is 20.8 Å². The van der Waals surface area contributed by atoms with Crippen molar-refractivity contribution in [2.45, 2.75) is 26.4 Å². The molecule has 2 heterocycles. The normalized spacial score (nSPS) is 13.8. The SMILES string of the molecule is CC(C)(C)OC(=O)n1ccc(-c2cc(F)c3c(c2)NC(=O)CO3)c1. The summed E-state index contributed by atoms with van der Waals surface area (Å²) < 4.78 is 25.8. The van der Waals surface area contributed by atoms with Gasteiger partial charge in [-0.15, -0.1) is 0 Å². The Hall–Kier alpha value is -2.83. The number of nitrogens with one attached hydrogen (secondary N) is 1. The van der Waals surface area contributed by atoms with E-state index in [4.69, 9.17) is 9.47 Å². The van der Waals surface area contributed by atoms with Crippen LogP contribution in [-0.4, -0.2) is 28.8 Å². The van der Waals surface area contributed by atoms with Gasteiger partial charge >= 0.3 is 6.09 Å². The van der Waals surface area contributed by atoms with Crippen LogP contribution >= 0.6 is 0 Å². The fraction of sp³-hybridized carbons (Fsp3) is 0.294. The monoisotopic (exact) mass is 332 g/mol. The number of hydrogen-bond acceptors (Lipinski definition) is 4. The number of halogens is 1. The second kappa shape index (κ2) is 5.67. The van der Waals surface area contributed by atoms with E-state index in [-0.39, 0.29) is 24.0 Å². The number of anilines is 1. The lowest BCUT2D eigenvalue weighted by molar-refractivity contribution is -0.118. The number of hydrogen-bond donors (Lipinski definition) is 1. The van der Waals surface area contributed by atoms with Crippen molar-refractivity contribution in [1.29, 1.82) is 0 Å². The Morgan fingerprint density at radius 2 is 2.08 bits per heavy atom. The highest BCUT2D eigenvalue weighted by Crippen LogP contribution is 2.35. The first-order chi connectivity index (χ1) is 11.2. The standard InChI is InChI=1S/C17H17FN2O4/c1-17(2,3)24-16(22)20-5-4-10(8-20)11-6-12(18)15-13(7-11)19-14(21)9-23-15/h4-8H,9H2,1-3H3,(H,19,21). The van der Waals surface area contributed by atoms with E-state index in [1.54, 1.807) is 39.1 Å².